The molecule has 0 aliphatic rings. The Labute approximate surface area is 180 Å². The second kappa shape index (κ2) is 10.0. The van der Waals surface area contributed by atoms with Crippen molar-refractivity contribution in [3.05, 3.63) is 71.9 Å². The monoisotopic (exact) mass is 426 g/mol. The molecule has 0 amide bonds. The van der Waals surface area contributed by atoms with Gasteiger partial charge in [0, 0.05) is 43.2 Å². The van der Waals surface area contributed by atoms with Crippen molar-refractivity contribution in [2.75, 3.05) is 13.1 Å². The van der Waals surface area contributed by atoms with Gasteiger partial charge in [-0.25, -0.2) is 14.4 Å². The molecule has 164 valence electrons. The van der Waals surface area contributed by atoms with Gasteiger partial charge in [0.05, 0.1) is 19.3 Å². The van der Waals surface area contributed by atoms with Crippen molar-refractivity contribution < 1.29 is 14.2 Å². The Morgan fingerprint density at radius 1 is 1.29 bits per heavy atom. The number of benzene rings is 1. The van der Waals surface area contributed by atoms with Crippen molar-refractivity contribution in [2.45, 2.75) is 26.0 Å². The molecule has 3 aromatic rings. The molecule has 0 spiro atoms. The van der Waals surface area contributed by atoms with Crippen LogP contribution in [0.4, 0.5) is 4.39 Å². The number of rotatable bonds is 8. The third-order valence-electron chi connectivity index (χ3n) is 4.54. The lowest BCUT2D eigenvalue weighted by Gasteiger charge is -2.23. The van der Waals surface area contributed by atoms with Crippen LogP contribution in [0.2, 0.25) is 0 Å². The second-order valence-corrected chi connectivity index (χ2v) is 7.25. The standard InChI is InChI=1S/C22H27FN6O2/c1-4-24-21(27-15-22(2,30)17-13-28-29(3)14-17)26-12-16-7-6-10-25-20(16)31-19-9-5-8-18(23)11-19/h5-11,13-14,30H,4,12,15H2,1-3H3,(H2,24,26,27). The van der Waals surface area contributed by atoms with E-state index in [2.05, 4.69) is 25.7 Å². The van der Waals surface area contributed by atoms with Crippen LogP contribution in [-0.2, 0) is 19.2 Å². The number of aliphatic hydroxyl groups is 1. The average molecular weight is 426 g/mol. The Bertz CT molecular complexity index is 1030. The zero-order valence-corrected chi connectivity index (χ0v) is 17.8. The number of halogens is 1. The van der Waals surface area contributed by atoms with E-state index in [0.717, 1.165) is 5.56 Å². The second-order valence-electron chi connectivity index (χ2n) is 7.25. The van der Waals surface area contributed by atoms with Gasteiger partial charge in [0.1, 0.15) is 17.2 Å². The number of ether oxygens (including phenoxy) is 1. The van der Waals surface area contributed by atoms with E-state index in [9.17, 15) is 9.50 Å². The van der Waals surface area contributed by atoms with Gasteiger partial charge in [0.2, 0.25) is 5.88 Å². The van der Waals surface area contributed by atoms with Crippen molar-refractivity contribution in [1.82, 2.24) is 25.4 Å². The van der Waals surface area contributed by atoms with Gasteiger partial charge < -0.3 is 20.5 Å². The van der Waals surface area contributed by atoms with Crippen LogP contribution in [-0.4, -0.2) is 38.9 Å². The maximum absolute atomic E-state index is 13.4. The van der Waals surface area contributed by atoms with Crippen LogP contribution in [0, 0.1) is 5.82 Å². The van der Waals surface area contributed by atoms with E-state index in [-0.39, 0.29) is 18.9 Å². The fourth-order valence-corrected chi connectivity index (χ4v) is 2.84. The maximum atomic E-state index is 13.4. The highest BCUT2D eigenvalue weighted by Gasteiger charge is 2.25. The molecule has 31 heavy (non-hydrogen) atoms. The molecule has 2 heterocycles. The summed E-state index contributed by atoms with van der Waals surface area (Å²) in [4.78, 5) is 8.82. The van der Waals surface area contributed by atoms with E-state index in [1.54, 1.807) is 55.4 Å². The fourth-order valence-electron chi connectivity index (χ4n) is 2.84. The number of aromatic nitrogens is 3. The van der Waals surface area contributed by atoms with Crippen molar-refractivity contribution in [2.24, 2.45) is 12.0 Å². The first-order valence-corrected chi connectivity index (χ1v) is 9.98. The summed E-state index contributed by atoms with van der Waals surface area (Å²) in [6.07, 6.45) is 5.02. The quantitative estimate of drug-likeness (QED) is 0.379. The molecule has 0 saturated heterocycles. The molecule has 0 aliphatic heterocycles. The van der Waals surface area contributed by atoms with Crippen molar-refractivity contribution in [3.8, 4) is 11.6 Å². The predicted octanol–water partition coefficient (Wildman–Crippen LogP) is 2.71. The van der Waals surface area contributed by atoms with Crippen LogP contribution in [0.15, 0.2) is 60.0 Å². The number of nitrogens with one attached hydrogen (secondary N) is 2. The van der Waals surface area contributed by atoms with Gasteiger partial charge in [-0.15, -0.1) is 0 Å². The number of hydrogen-bond acceptors (Lipinski definition) is 5. The molecule has 0 radical (unpaired) electrons. The summed E-state index contributed by atoms with van der Waals surface area (Å²) in [5.41, 5.74) is 0.323. The molecule has 0 fully saturated rings. The summed E-state index contributed by atoms with van der Waals surface area (Å²) in [6, 6.07) is 9.53. The lowest BCUT2D eigenvalue weighted by atomic mass is 10.00. The minimum absolute atomic E-state index is 0.240. The maximum Gasteiger partial charge on any atom is 0.224 e. The third kappa shape index (κ3) is 6.26. The topological polar surface area (TPSA) is 96.6 Å². The molecule has 1 unspecified atom stereocenters. The molecule has 3 rings (SSSR count). The van der Waals surface area contributed by atoms with Gasteiger partial charge in [-0.3, -0.25) is 4.68 Å². The number of aryl methyl sites for hydroxylation is 1. The van der Waals surface area contributed by atoms with Gasteiger partial charge in [-0.2, -0.15) is 5.10 Å². The van der Waals surface area contributed by atoms with E-state index in [1.165, 1.54) is 12.1 Å². The highest BCUT2D eigenvalue weighted by molar-refractivity contribution is 5.79. The first kappa shape index (κ1) is 22.2. The summed E-state index contributed by atoms with van der Waals surface area (Å²) in [5, 5.41) is 21.2. The lowest BCUT2D eigenvalue weighted by molar-refractivity contribution is 0.0616. The summed E-state index contributed by atoms with van der Waals surface area (Å²) >= 11 is 0. The first-order valence-electron chi connectivity index (χ1n) is 9.98. The van der Waals surface area contributed by atoms with Crippen LogP contribution in [0.3, 0.4) is 0 Å². The molecule has 3 N–H and O–H groups in total. The molecule has 1 aromatic carbocycles. The van der Waals surface area contributed by atoms with Crippen LogP contribution < -0.4 is 15.4 Å². The molecule has 2 aromatic heterocycles. The highest BCUT2D eigenvalue weighted by atomic mass is 19.1. The minimum Gasteiger partial charge on any atom is -0.439 e. The summed E-state index contributed by atoms with van der Waals surface area (Å²) in [6.45, 7) is 4.85. The largest absolute Gasteiger partial charge is 0.439 e. The van der Waals surface area contributed by atoms with Gasteiger partial charge >= 0.3 is 0 Å². The van der Waals surface area contributed by atoms with Gasteiger partial charge in [0.15, 0.2) is 5.96 Å². The number of aliphatic imine (C=N–C) groups is 1. The SMILES string of the molecule is CCNC(=NCc1cccnc1Oc1cccc(F)c1)NCC(C)(O)c1cnn(C)c1. The van der Waals surface area contributed by atoms with E-state index >= 15 is 0 Å². The number of nitrogens with zero attached hydrogens (tertiary/aromatic N) is 4. The van der Waals surface area contributed by atoms with Crippen molar-refractivity contribution in [3.63, 3.8) is 0 Å². The molecule has 0 bridgehead atoms. The van der Waals surface area contributed by atoms with E-state index in [1.807, 2.05) is 13.0 Å². The predicted molar refractivity (Wildman–Crippen MR) is 116 cm³/mol. The zero-order chi connectivity index (χ0) is 22.3. The van der Waals surface area contributed by atoms with Crippen molar-refractivity contribution >= 4 is 5.96 Å². The van der Waals surface area contributed by atoms with Gasteiger partial charge in [-0.1, -0.05) is 12.1 Å². The smallest absolute Gasteiger partial charge is 0.224 e. The molecule has 0 aliphatic carbocycles. The molecular weight excluding hydrogens is 399 g/mol. The number of hydrogen-bond donors (Lipinski definition) is 3. The minimum atomic E-state index is -1.12. The summed E-state index contributed by atoms with van der Waals surface area (Å²) in [5.74, 6) is 0.871. The highest BCUT2D eigenvalue weighted by Crippen LogP contribution is 2.24. The van der Waals surface area contributed by atoms with E-state index in [4.69, 9.17) is 4.74 Å². The number of pyridine rings is 1. The van der Waals surface area contributed by atoms with Crippen LogP contribution in [0.5, 0.6) is 11.6 Å². The molecule has 9 heteroatoms. The molecule has 0 saturated carbocycles. The average Bonchev–Trinajstić information content (AvgIpc) is 3.18. The zero-order valence-electron chi connectivity index (χ0n) is 17.8. The van der Waals surface area contributed by atoms with Crippen LogP contribution >= 0.6 is 0 Å². The Kier molecular flexibility index (Phi) is 7.19. The van der Waals surface area contributed by atoms with Crippen LogP contribution in [0.1, 0.15) is 25.0 Å². The first-order chi connectivity index (χ1) is 14.9. The Morgan fingerprint density at radius 2 is 2.13 bits per heavy atom. The fraction of sp³-hybridized carbons (Fsp3) is 0.318. The Morgan fingerprint density at radius 3 is 2.84 bits per heavy atom. The molecule has 8 nitrogen and oxygen atoms in total. The summed E-state index contributed by atoms with van der Waals surface area (Å²) < 4.78 is 20.8. The van der Waals surface area contributed by atoms with Gasteiger partial charge in [-0.05, 0) is 32.0 Å². The molecule has 1 atom stereocenters. The van der Waals surface area contributed by atoms with Gasteiger partial charge in [0.25, 0.3) is 0 Å². The normalized spacial score (nSPS) is 13.5. The Hall–Kier alpha value is -3.46. The number of guanidine groups is 1. The lowest BCUT2D eigenvalue weighted by Crippen LogP contribution is -2.44. The third-order valence-corrected chi connectivity index (χ3v) is 4.54. The van der Waals surface area contributed by atoms with E-state index in [0.29, 0.717) is 29.7 Å². The van der Waals surface area contributed by atoms with Crippen molar-refractivity contribution in [1.29, 1.82) is 0 Å². The molecular formula is C22H27FN6O2. The summed E-state index contributed by atoms with van der Waals surface area (Å²) in [7, 11) is 1.80. The Balaban J connectivity index is 1.70. The van der Waals surface area contributed by atoms with E-state index < -0.39 is 5.60 Å². The van der Waals surface area contributed by atoms with Crippen LogP contribution in [0.25, 0.3) is 0 Å².